The van der Waals surface area contributed by atoms with E-state index in [1.165, 1.54) is 12.8 Å². The van der Waals surface area contributed by atoms with Gasteiger partial charge in [0.25, 0.3) is 0 Å². The van der Waals surface area contributed by atoms with Crippen molar-refractivity contribution >= 4 is 10.0 Å². The van der Waals surface area contributed by atoms with Gasteiger partial charge < -0.3 is 4.57 Å². The van der Waals surface area contributed by atoms with Gasteiger partial charge in [-0.05, 0) is 37.8 Å². The summed E-state index contributed by atoms with van der Waals surface area (Å²) in [5, 5.41) is 8.40. The molecule has 7 heteroatoms. The third-order valence-corrected chi connectivity index (χ3v) is 7.09. The molecule has 2 aromatic rings. The fourth-order valence-corrected chi connectivity index (χ4v) is 5.64. The van der Waals surface area contributed by atoms with Crippen molar-refractivity contribution in [1.29, 1.82) is 0 Å². The van der Waals surface area contributed by atoms with Crippen molar-refractivity contribution < 1.29 is 8.42 Å². The number of benzene rings is 1. The Morgan fingerprint density at radius 2 is 1.75 bits per heavy atom. The standard InChI is InChI=1S/C17H22N4O2S/c22-24(23,15-9-2-1-3-10-15)21-12-6-11-16(21)17-19-18-13-20(17)14-7-4-5-8-14/h1-3,9-10,13-14,16H,4-8,11-12H2. The summed E-state index contributed by atoms with van der Waals surface area (Å²) in [5.74, 6) is 0.805. The van der Waals surface area contributed by atoms with Gasteiger partial charge in [0.15, 0.2) is 5.82 Å². The van der Waals surface area contributed by atoms with Crippen molar-refractivity contribution in [2.45, 2.75) is 55.5 Å². The molecule has 1 aliphatic carbocycles. The number of sulfonamides is 1. The second kappa shape index (κ2) is 6.29. The molecule has 2 aliphatic rings. The molecule has 2 heterocycles. The summed E-state index contributed by atoms with van der Waals surface area (Å²) in [6, 6.07) is 8.88. The first-order valence-electron chi connectivity index (χ1n) is 8.64. The Kier molecular flexibility index (Phi) is 4.14. The first kappa shape index (κ1) is 15.8. The lowest BCUT2D eigenvalue weighted by Crippen LogP contribution is -2.32. The maximum atomic E-state index is 13.0. The monoisotopic (exact) mass is 346 g/mol. The van der Waals surface area contributed by atoms with Gasteiger partial charge in [0.1, 0.15) is 6.33 Å². The molecule has 0 bridgehead atoms. The molecular formula is C17H22N4O2S. The Morgan fingerprint density at radius 3 is 2.50 bits per heavy atom. The van der Waals surface area contributed by atoms with Crippen LogP contribution in [0.1, 0.15) is 56.4 Å². The van der Waals surface area contributed by atoms with Crippen LogP contribution in [-0.2, 0) is 10.0 Å². The van der Waals surface area contributed by atoms with Crippen molar-refractivity contribution in [3.8, 4) is 0 Å². The van der Waals surface area contributed by atoms with E-state index in [9.17, 15) is 8.42 Å². The fraction of sp³-hybridized carbons (Fsp3) is 0.529. The molecule has 1 unspecified atom stereocenters. The van der Waals surface area contributed by atoms with E-state index in [1.54, 1.807) is 34.9 Å². The quantitative estimate of drug-likeness (QED) is 0.853. The van der Waals surface area contributed by atoms with Gasteiger partial charge in [0, 0.05) is 12.6 Å². The summed E-state index contributed by atoms with van der Waals surface area (Å²) in [4.78, 5) is 0.351. The summed E-state index contributed by atoms with van der Waals surface area (Å²) >= 11 is 0. The van der Waals surface area contributed by atoms with Crippen molar-refractivity contribution in [1.82, 2.24) is 19.1 Å². The van der Waals surface area contributed by atoms with Crippen molar-refractivity contribution in [3.05, 3.63) is 42.5 Å². The molecular weight excluding hydrogens is 324 g/mol. The second-order valence-corrected chi connectivity index (χ2v) is 8.51. The van der Waals surface area contributed by atoms with E-state index in [4.69, 9.17) is 0 Å². The van der Waals surface area contributed by atoms with Gasteiger partial charge in [0.2, 0.25) is 10.0 Å². The van der Waals surface area contributed by atoms with Gasteiger partial charge in [-0.25, -0.2) is 8.42 Å². The first-order chi connectivity index (χ1) is 11.7. The number of hydrogen-bond acceptors (Lipinski definition) is 4. The van der Waals surface area contributed by atoms with Crippen LogP contribution in [0.3, 0.4) is 0 Å². The summed E-state index contributed by atoms with van der Waals surface area (Å²) in [6.45, 7) is 0.541. The normalized spacial score (nSPS) is 23.1. The van der Waals surface area contributed by atoms with Gasteiger partial charge in [-0.3, -0.25) is 0 Å². The molecule has 1 atom stereocenters. The van der Waals surface area contributed by atoms with Crippen LogP contribution in [-0.4, -0.2) is 34.0 Å². The maximum Gasteiger partial charge on any atom is 0.243 e. The Morgan fingerprint density at radius 1 is 1.00 bits per heavy atom. The minimum Gasteiger partial charge on any atom is -0.313 e. The fourth-order valence-electron chi connectivity index (χ4n) is 3.97. The van der Waals surface area contributed by atoms with E-state index >= 15 is 0 Å². The van der Waals surface area contributed by atoms with Crippen LogP contribution in [0.25, 0.3) is 0 Å². The Hall–Kier alpha value is -1.73. The van der Waals surface area contributed by atoms with Gasteiger partial charge in [-0.1, -0.05) is 31.0 Å². The number of rotatable bonds is 4. The Balaban J connectivity index is 1.68. The largest absolute Gasteiger partial charge is 0.313 e. The highest BCUT2D eigenvalue weighted by Crippen LogP contribution is 2.38. The van der Waals surface area contributed by atoms with Crippen molar-refractivity contribution in [2.75, 3.05) is 6.54 Å². The first-order valence-corrected chi connectivity index (χ1v) is 10.1. The zero-order chi connectivity index (χ0) is 16.6. The Labute approximate surface area is 142 Å². The summed E-state index contributed by atoms with van der Waals surface area (Å²) in [7, 11) is -3.50. The molecule has 1 aromatic carbocycles. The minimum atomic E-state index is -3.50. The molecule has 0 amide bonds. The second-order valence-electron chi connectivity index (χ2n) is 6.62. The third kappa shape index (κ3) is 2.65. The van der Waals surface area contributed by atoms with E-state index < -0.39 is 10.0 Å². The SMILES string of the molecule is O=S(=O)(c1ccccc1)N1CCCC1c1nncn1C1CCCC1. The third-order valence-electron chi connectivity index (χ3n) is 5.17. The predicted molar refractivity (Wildman–Crippen MR) is 89.8 cm³/mol. The zero-order valence-electron chi connectivity index (χ0n) is 13.6. The van der Waals surface area contributed by atoms with E-state index in [1.807, 2.05) is 6.07 Å². The van der Waals surface area contributed by atoms with Crippen LogP contribution in [0, 0.1) is 0 Å². The van der Waals surface area contributed by atoms with Crippen LogP contribution in [0.5, 0.6) is 0 Å². The van der Waals surface area contributed by atoms with Crippen molar-refractivity contribution in [2.24, 2.45) is 0 Å². The highest BCUT2D eigenvalue weighted by atomic mass is 32.2. The molecule has 1 aliphatic heterocycles. The van der Waals surface area contributed by atoms with Crippen LogP contribution < -0.4 is 0 Å². The van der Waals surface area contributed by atoms with Gasteiger partial charge in [-0.2, -0.15) is 4.31 Å². The highest BCUT2D eigenvalue weighted by Gasteiger charge is 2.39. The number of hydrogen-bond donors (Lipinski definition) is 0. The van der Waals surface area contributed by atoms with Crippen LogP contribution >= 0.6 is 0 Å². The van der Waals surface area contributed by atoms with E-state index in [0.717, 1.165) is 31.5 Å². The van der Waals surface area contributed by atoms with E-state index in [-0.39, 0.29) is 6.04 Å². The molecule has 0 spiro atoms. The molecule has 1 saturated heterocycles. The maximum absolute atomic E-state index is 13.0. The van der Waals surface area contributed by atoms with E-state index in [2.05, 4.69) is 14.8 Å². The number of aromatic nitrogens is 3. The van der Waals surface area contributed by atoms with Crippen LogP contribution in [0.15, 0.2) is 41.6 Å². The summed E-state index contributed by atoms with van der Waals surface area (Å²) in [5.41, 5.74) is 0. The van der Waals surface area contributed by atoms with Crippen LogP contribution in [0.4, 0.5) is 0 Å². The van der Waals surface area contributed by atoms with Crippen LogP contribution in [0.2, 0.25) is 0 Å². The molecule has 128 valence electrons. The van der Waals surface area contributed by atoms with Crippen molar-refractivity contribution in [3.63, 3.8) is 0 Å². The zero-order valence-corrected chi connectivity index (χ0v) is 14.4. The molecule has 24 heavy (non-hydrogen) atoms. The number of nitrogens with zero attached hydrogens (tertiary/aromatic N) is 4. The molecule has 4 rings (SSSR count). The minimum absolute atomic E-state index is 0.210. The lowest BCUT2D eigenvalue weighted by Gasteiger charge is -2.25. The lowest BCUT2D eigenvalue weighted by molar-refractivity contribution is 0.359. The molecule has 2 fully saturated rings. The van der Waals surface area contributed by atoms with Gasteiger partial charge in [-0.15, -0.1) is 10.2 Å². The smallest absolute Gasteiger partial charge is 0.243 e. The molecule has 1 aromatic heterocycles. The molecule has 0 radical (unpaired) electrons. The average Bonchev–Trinajstić information content (AvgIpc) is 3.34. The van der Waals surface area contributed by atoms with Gasteiger partial charge in [0.05, 0.1) is 10.9 Å². The van der Waals surface area contributed by atoms with E-state index in [0.29, 0.717) is 17.5 Å². The summed E-state index contributed by atoms with van der Waals surface area (Å²) in [6.07, 6.45) is 8.13. The summed E-state index contributed by atoms with van der Waals surface area (Å²) < 4.78 is 29.8. The topological polar surface area (TPSA) is 68.1 Å². The van der Waals surface area contributed by atoms with Gasteiger partial charge >= 0.3 is 0 Å². The molecule has 6 nitrogen and oxygen atoms in total. The highest BCUT2D eigenvalue weighted by molar-refractivity contribution is 7.89. The molecule has 0 N–H and O–H groups in total. The average molecular weight is 346 g/mol. The molecule has 1 saturated carbocycles. The lowest BCUT2D eigenvalue weighted by atomic mass is 10.2. The Bertz CT molecular complexity index is 797. The predicted octanol–water partition coefficient (Wildman–Crippen LogP) is 2.92.